The molecule has 1 aliphatic heterocycles. The van der Waals surface area contributed by atoms with E-state index in [1.807, 2.05) is 10.8 Å². The zero-order valence-electron chi connectivity index (χ0n) is 12.6. The highest BCUT2D eigenvalue weighted by Crippen LogP contribution is 2.37. The maximum Gasteiger partial charge on any atom is 0.416 e. The molecule has 0 unspecified atom stereocenters. The van der Waals surface area contributed by atoms with Crippen LogP contribution in [0, 0.1) is 0 Å². The van der Waals surface area contributed by atoms with Crippen molar-refractivity contribution in [1.82, 2.24) is 8.87 Å². The van der Waals surface area contributed by atoms with E-state index in [9.17, 15) is 21.6 Å². The number of nitrogens with zero attached hydrogens (tertiary/aromatic N) is 2. The number of rotatable bonds is 2. The molecule has 9 heteroatoms. The van der Waals surface area contributed by atoms with E-state index in [0.717, 1.165) is 17.8 Å². The van der Waals surface area contributed by atoms with Crippen molar-refractivity contribution in [1.29, 1.82) is 0 Å². The van der Waals surface area contributed by atoms with Crippen LogP contribution in [0.5, 0.6) is 0 Å². The lowest BCUT2D eigenvalue weighted by Crippen LogP contribution is -2.40. The van der Waals surface area contributed by atoms with Crippen LogP contribution in [-0.4, -0.2) is 23.8 Å². The number of sulfonamides is 1. The molecular weight excluding hydrogens is 365 g/mol. The second-order valence-corrected chi connectivity index (χ2v) is 7.83. The Morgan fingerprint density at radius 2 is 1.92 bits per heavy atom. The Kier molecular flexibility index (Phi) is 4.17. The molecule has 1 aromatic heterocycles. The van der Waals surface area contributed by atoms with E-state index in [1.54, 1.807) is 19.1 Å². The number of fused-ring (bicyclic) bond motifs is 1. The van der Waals surface area contributed by atoms with Crippen LogP contribution in [0.25, 0.3) is 0 Å². The van der Waals surface area contributed by atoms with Crippen molar-refractivity contribution in [3.05, 3.63) is 52.8 Å². The molecular formula is C15H14ClF3N2O2S. The summed E-state index contributed by atoms with van der Waals surface area (Å²) in [6.45, 7) is 2.30. The highest BCUT2D eigenvalue weighted by Gasteiger charge is 2.37. The van der Waals surface area contributed by atoms with Crippen LogP contribution in [0.2, 0.25) is 5.02 Å². The molecule has 0 aliphatic carbocycles. The van der Waals surface area contributed by atoms with Crippen molar-refractivity contribution in [2.24, 2.45) is 0 Å². The van der Waals surface area contributed by atoms with Gasteiger partial charge in [0, 0.05) is 25.0 Å². The fourth-order valence-corrected chi connectivity index (χ4v) is 4.99. The Morgan fingerprint density at radius 1 is 1.21 bits per heavy atom. The summed E-state index contributed by atoms with van der Waals surface area (Å²) < 4.78 is 67.6. The molecule has 3 rings (SSSR count). The van der Waals surface area contributed by atoms with Gasteiger partial charge < -0.3 is 4.57 Å². The van der Waals surface area contributed by atoms with Crippen LogP contribution in [0.3, 0.4) is 0 Å². The van der Waals surface area contributed by atoms with Crippen LogP contribution in [0.1, 0.15) is 24.2 Å². The number of alkyl halides is 3. The largest absolute Gasteiger partial charge is 0.416 e. The Bertz CT molecular complexity index is 877. The van der Waals surface area contributed by atoms with Gasteiger partial charge in [-0.25, -0.2) is 8.42 Å². The van der Waals surface area contributed by atoms with Crippen molar-refractivity contribution >= 4 is 21.6 Å². The summed E-state index contributed by atoms with van der Waals surface area (Å²) in [5.74, 6) is 0. The predicted molar refractivity (Wildman–Crippen MR) is 83.2 cm³/mol. The molecule has 4 nitrogen and oxygen atoms in total. The Balaban J connectivity index is 2.06. The van der Waals surface area contributed by atoms with E-state index >= 15 is 0 Å². The van der Waals surface area contributed by atoms with Crippen LogP contribution in [-0.2, 0) is 22.7 Å². The lowest BCUT2D eigenvalue weighted by molar-refractivity contribution is -0.137. The molecule has 0 fully saturated rings. The predicted octanol–water partition coefficient (Wildman–Crippen LogP) is 3.93. The highest BCUT2D eigenvalue weighted by molar-refractivity contribution is 7.89. The van der Waals surface area contributed by atoms with Gasteiger partial charge in [0.05, 0.1) is 16.6 Å². The van der Waals surface area contributed by atoms with Crippen molar-refractivity contribution in [3.8, 4) is 0 Å². The summed E-state index contributed by atoms with van der Waals surface area (Å²) in [7, 11) is -4.16. The highest BCUT2D eigenvalue weighted by atomic mass is 35.5. The van der Waals surface area contributed by atoms with Gasteiger partial charge in [-0.05, 0) is 37.3 Å². The first-order valence-electron chi connectivity index (χ1n) is 7.16. The van der Waals surface area contributed by atoms with Gasteiger partial charge in [0.1, 0.15) is 4.90 Å². The summed E-state index contributed by atoms with van der Waals surface area (Å²) in [4.78, 5) is -0.522. The molecule has 2 heterocycles. The van der Waals surface area contributed by atoms with E-state index in [1.165, 1.54) is 4.31 Å². The summed E-state index contributed by atoms with van der Waals surface area (Å²) in [6.07, 6.45) is -2.80. The van der Waals surface area contributed by atoms with Crippen LogP contribution in [0.4, 0.5) is 13.2 Å². The first-order valence-corrected chi connectivity index (χ1v) is 8.98. The minimum atomic E-state index is -4.64. The normalized spacial score (nSPS) is 19.3. The SMILES string of the molecule is C[C@@H]1c2cccn2CCN1S(=O)(=O)c1cc(C(F)(F)F)ccc1Cl. The molecule has 0 amide bonds. The second kappa shape index (κ2) is 5.79. The van der Waals surface area contributed by atoms with Crippen molar-refractivity contribution < 1.29 is 21.6 Å². The van der Waals surface area contributed by atoms with E-state index in [2.05, 4.69) is 0 Å². The number of hydrogen-bond acceptors (Lipinski definition) is 2. The maximum atomic E-state index is 12.9. The van der Waals surface area contributed by atoms with Gasteiger partial charge in [0.25, 0.3) is 0 Å². The number of benzene rings is 1. The van der Waals surface area contributed by atoms with Crippen molar-refractivity contribution in [3.63, 3.8) is 0 Å². The van der Waals surface area contributed by atoms with Gasteiger partial charge in [0.2, 0.25) is 10.0 Å². The monoisotopic (exact) mass is 378 g/mol. The van der Waals surface area contributed by atoms with Crippen molar-refractivity contribution in [2.75, 3.05) is 6.54 Å². The van der Waals surface area contributed by atoms with Gasteiger partial charge in [-0.15, -0.1) is 0 Å². The fourth-order valence-electron chi connectivity index (χ4n) is 2.89. The molecule has 1 aromatic carbocycles. The Hall–Kier alpha value is -1.51. The van der Waals surface area contributed by atoms with Crippen LogP contribution in [0.15, 0.2) is 41.4 Å². The first kappa shape index (κ1) is 17.3. The number of halogens is 4. The Morgan fingerprint density at radius 3 is 2.58 bits per heavy atom. The molecule has 1 atom stereocenters. The van der Waals surface area contributed by atoms with Gasteiger partial charge in [0.15, 0.2) is 0 Å². The first-order chi connectivity index (χ1) is 11.1. The van der Waals surface area contributed by atoms with Gasteiger partial charge in [-0.2, -0.15) is 17.5 Å². The third-order valence-corrected chi connectivity index (χ3v) is 6.58. The molecule has 0 bridgehead atoms. The molecule has 0 radical (unpaired) electrons. The van der Waals surface area contributed by atoms with Crippen LogP contribution >= 0.6 is 11.6 Å². The number of hydrogen-bond donors (Lipinski definition) is 0. The average Bonchev–Trinajstić information content (AvgIpc) is 2.95. The quantitative estimate of drug-likeness (QED) is 0.794. The zero-order chi connectivity index (χ0) is 17.7. The zero-order valence-corrected chi connectivity index (χ0v) is 14.2. The average molecular weight is 379 g/mol. The lowest BCUT2D eigenvalue weighted by atomic mass is 10.2. The van der Waals surface area contributed by atoms with E-state index in [-0.39, 0.29) is 11.6 Å². The standard InChI is InChI=1S/C15H14ClF3N2O2S/c1-10-13-3-2-6-20(13)7-8-21(10)24(22,23)14-9-11(15(17,18)19)4-5-12(14)16/h2-6,9-10H,7-8H2,1H3/t10-/m1/s1. The maximum absolute atomic E-state index is 12.9. The van der Waals surface area contributed by atoms with E-state index < -0.39 is 32.7 Å². The third kappa shape index (κ3) is 2.82. The molecule has 0 N–H and O–H groups in total. The molecule has 0 spiro atoms. The second-order valence-electron chi connectivity index (χ2n) is 5.56. The molecule has 130 valence electrons. The van der Waals surface area contributed by atoms with Crippen molar-refractivity contribution in [2.45, 2.75) is 30.6 Å². The lowest BCUT2D eigenvalue weighted by Gasteiger charge is -2.34. The summed E-state index contributed by atoms with van der Waals surface area (Å²) in [5, 5.41) is -0.226. The summed E-state index contributed by atoms with van der Waals surface area (Å²) in [5.41, 5.74) is -0.258. The molecule has 2 aromatic rings. The minimum absolute atomic E-state index is 0.164. The van der Waals surface area contributed by atoms with Gasteiger partial charge >= 0.3 is 6.18 Å². The smallest absolute Gasteiger partial charge is 0.349 e. The van der Waals surface area contributed by atoms with Gasteiger partial charge in [-0.3, -0.25) is 0 Å². The Labute approximate surface area is 142 Å². The molecule has 0 saturated heterocycles. The topological polar surface area (TPSA) is 42.3 Å². The molecule has 24 heavy (non-hydrogen) atoms. The minimum Gasteiger partial charge on any atom is -0.349 e. The van der Waals surface area contributed by atoms with E-state index in [4.69, 9.17) is 11.6 Å². The molecule has 0 saturated carbocycles. The van der Waals surface area contributed by atoms with Crippen LogP contribution < -0.4 is 0 Å². The van der Waals surface area contributed by atoms with E-state index in [0.29, 0.717) is 12.6 Å². The number of aromatic nitrogens is 1. The van der Waals surface area contributed by atoms with Gasteiger partial charge in [-0.1, -0.05) is 11.6 Å². The summed E-state index contributed by atoms with van der Waals surface area (Å²) in [6, 6.07) is 5.43. The summed E-state index contributed by atoms with van der Waals surface area (Å²) >= 11 is 5.90. The fraction of sp³-hybridized carbons (Fsp3) is 0.333. The third-order valence-electron chi connectivity index (χ3n) is 4.13. The molecule has 1 aliphatic rings.